The lowest BCUT2D eigenvalue weighted by atomic mass is 9.90. The predicted molar refractivity (Wildman–Crippen MR) is 99.9 cm³/mol. The van der Waals surface area contributed by atoms with Crippen LogP contribution < -0.4 is 0 Å². The zero-order chi connectivity index (χ0) is 19.3. The molecule has 26 heavy (non-hydrogen) atoms. The number of nitriles is 1. The van der Waals surface area contributed by atoms with Crippen molar-refractivity contribution in [1.82, 2.24) is 0 Å². The van der Waals surface area contributed by atoms with Crippen molar-refractivity contribution in [3.8, 4) is 6.07 Å². The zero-order valence-electron chi connectivity index (χ0n) is 14.7. The van der Waals surface area contributed by atoms with Crippen molar-refractivity contribution >= 4 is 35.1 Å². The van der Waals surface area contributed by atoms with E-state index in [1.807, 2.05) is 6.07 Å². The van der Waals surface area contributed by atoms with E-state index >= 15 is 0 Å². The lowest BCUT2D eigenvalue weighted by molar-refractivity contribution is -0.121. The van der Waals surface area contributed by atoms with Crippen LogP contribution in [0.3, 0.4) is 0 Å². The highest BCUT2D eigenvalue weighted by Gasteiger charge is 2.39. The summed E-state index contributed by atoms with van der Waals surface area (Å²) in [4.78, 5) is 25.1. The Kier molecular flexibility index (Phi) is 7.31. The van der Waals surface area contributed by atoms with Crippen LogP contribution in [0.1, 0.15) is 42.6 Å². The predicted octanol–water partition coefficient (Wildman–Crippen LogP) is 4.52. The van der Waals surface area contributed by atoms with E-state index in [1.54, 1.807) is 26.0 Å². The van der Waals surface area contributed by atoms with E-state index in [-0.39, 0.29) is 36.6 Å². The van der Waals surface area contributed by atoms with Gasteiger partial charge in [0.2, 0.25) is 0 Å². The second-order valence-electron chi connectivity index (χ2n) is 6.01. The molecule has 1 aromatic carbocycles. The quantitative estimate of drug-likeness (QED) is 0.301. The third kappa shape index (κ3) is 5.11. The number of hydrogen-bond acceptors (Lipinski definition) is 6. The van der Waals surface area contributed by atoms with Crippen molar-refractivity contribution in [3.63, 3.8) is 0 Å². The molecular formula is C18H21BrNO5P. The van der Waals surface area contributed by atoms with E-state index in [9.17, 15) is 19.4 Å². The minimum absolute atomic E-state index is 0.106. The topological polar surface area (TPSA) is 93.5 Å². The number of rotatable bonds is 10. The number of hydrogen-bond donors (Lipinski definition) is 0. The summed E-state index contributed by atoms with van der Waals surface area (Å²) in [6.45, 7) is 3.82. The summed E-state index contributed by atoms with van der Waals surface area (Å²) in [5.41, 5.74) is 0.631. The first-order valence-corrected chi connectivity index (χ1v) is 11.0. The highest BCUT2D eigenvalue weighted by atomic mass is 79.9. The maximum atomic E-state index is 12.9. The van der Waals surface area contributed by atoms with Crippen LogP contribution in [-0.4, -0.2) is 24.8 Å². The summed E-state index contributed by atoms with van der Waals surface area (Å²) >= 11 is 3.33. The largest absolute Gasteiger partial charge is 0.335 e. The number of Topliss-reactive ketones (excluding diaryl/α,β-unsaturated/α-hetero) is 2. The van der Waals surface area contributed by atoms with E-state index in [0.29, 0.717) is 10.0 Å². The molecule has 0 aliphatic heterocycles. The first-order chi connectivity index (χ1) is 12.3. The van der Waals surface area contributed by atoms with Gasteiger partial charge in [0.05, 0.1) is 25.4 Å². The molecular weight excluding hydrogens is 421 g/mol. The summed E-state index contributed by atoms with van der Waals surface area (Å²) in [6.07, 6.45) is 1.34. The first-order valence-electron chi connectivity index (χ1n) is 8.49. The minimum atomic E-state index is -3.44. The van der Waals surface area contributed by atoms with Crippen LogP contribution in [0.25, 0.3) is 0 Å². The van der Waals surface area contributed by atoms with Gasteiger partial charge in [-0.1, -0.05) is 15.9 Å². The summed E-state index contributed by atoms with van der Waals surface area (Å²) in [5, 5.41) is 9.35. The number of benzene rings is 1. The maximum absolute atomic E-state index is 12.9. The van der Waals surface area contributed by atoms with Gasteiger partial charge in [-0.15, -0.1) is 0 Å². The Balaban J connectivity index is 2.37. The van der Waals surface area contributed by atoms with E-state index in [0.717, 1.165) is 12.8 Å². The van der Waals surface area contributed by atoms with Gasteiger partial charge in [0.25, 0.3) is 0 Å². The SMILES string of the molecule is CCOP(=O)(Cc1cc(Br)ccc1C(=O)C(C#N)C(=O)C1CC1)OCC. The standard InChI is InChI=1S/C18H21BrNO5P/c1-3-24-26(23,25-4-2)11-13-9-14(19)7-8-15(13)18(22)16(10-20)17(21)12-5-6-12/h7-9,12,16H,3-6,11H2,1-2H3. The number of halogens is 1. The van der Waals surface area contributed by atoms with Crippen molar-refractivity contribution < 1.29 is 23.2 Å². The summed E-state index contributed by atoms with van der Waals surface area (Å²) < 4.78 is 24.2. The van der Waals surface area contributed by atoms with Crippen LogP contribution in [0.5, 0.6) is 0 Å². The smallest absolute Gasteiger partial charge is 0.309 e. The average Bonchev–Trinajstić information content (AvgIpc) is 3.40. The van der Waals surface area contributed by atoms with Gasteiger partial charge in [0, 0.05) is 16.0 Å². The third-order valence-electron chi connectivity index (χ3n) is 4.00. The van der Waals surface area contributed by atoms with Gasteiger partial charge in [-0.3, -0.25) is 14.2 Å². The zero-order valence-corrected chi connectivity index (χ0v) is 17.2. The van der Waals surface area contributed by atoms with Crippen molar-refractivity contribution in [2.45, 2.75) is 32.9 Å². The van der Waals surface area contributed by atoms with Crippen LogP contribution in [0.4, 0.5) is 0 Å². The molecule has 1 aromatic rings. The number of carbonyl (C=O) groups excluding carboxylic acids is 2. The summed E-state index contributed by atoms with van der Waals surface area (Å²) in [7, 11) is -3.44. The molecule has 0 aromatic heterocycles. The number of carbonyl (C=O) groups is 2. The molecule has 0 saturated heterocycles. The van der Waals surface area contributed by atoms with Gasteiger partial charge >= 0.3 is 7.60 Å². The molecule has 1 unspecified atom stereocenters. The Morgan fingerprint density at radius 1 is 1.31 bits per heavy atom. The van der Waals surface area contributed by atoms with Gasteiger partial charge < -0.3 is 9.05 Å². The van der Waals surface area contributed by atoms with Gasteiger partial charge in [-0.25, -0.2) is 0 Å². The fourth-order valence-corrected chi connectivity index (χ4v) is 4.81. The normalized spacial score (nSPS) is 15.3. The summed E-state index contributed by atoms with van der Waals surface area (Å²) in [5.74, 6) is -2.42. The Labute approximate surface area is 161 Å². The first kappa shape index (κ1) is 21.0. The molecule has 0 bridgehead atoms. The lowest BCUT2D eigenvalue weighted by Gasteiger charge is -2.19. The molecule has 8 heteroatoms. The molecule has 0 spiro atoms. The van der Waals surface area contributed by atoms with Crippen molar-refractivity contribution in [2.75, 3.05) is 13.2 Å². The van der Waals surface area contributed by atoms with Crippen LogP contribution in [-0.2, 0) is 24.6 Å². The van der Waals surface area contributed by atoms with E-state index < -0.39 is 19.3 Å². The van der Waals surface area contributed by atoms with Crippen LogP contribution in [0.15, 0.2) is 22.7 Å². The van der Waals surface area contributed by atoms with Crippen LogP contribution >= 0.6 is 23.5 Å². The fraction of sp³-hybridized carbons (Fsp3) is 0.500. The highest BCUT2D eigenvalue weighted by Crippen LogP contribution is 2.52. The van der Waals surface area contributed by atoms with Gasteiger partial charge in [0.1, 0.15) is 0 Å². The maximum Gasteiger partial charge on any atom is 0.335 e. The Bertz CT molecular complexity index is 774. The van der Waals surface area contributed by atoms with Gasteiger partial charge in [0.15, 0.2) is 17.5 Å². The highest BCUT2D eigenvalue weighted by molar-refractivity contribution is 9.10. The molecule has 1 aliphatic rings. The molecule has 1 fully saturated rings. The molecule has 6 nitrogen and oxygen atoms in total. The number of ketones is 2. The molecule has 2 rings (SSSR count). The molecule has 1 saturated carbocycles. The van der Waals surface area contributed by atoms with Gasteiger partial charge in [-0.2, -0.15) is 5.26 Å². The van der Waals surface area contributed by atoms with Crippen LogP contribution in [0.2, 0.25) is 0 Å². The second kappa shape index (κ2) is 9.05. The van der Waals surface area contributed by atoms with Crippen molar-refractivity contribution in [3.05, 3.63) is 33.8 Å². The van der Waals surface area contributed by atoms with Crippen molar-refractivity contribution in [1.29, 1.82) is 5.26 Å². The van der Waals surface area contributed by atoms with E-state index in [4.69, 9.17) is 9.05 Å². The number of nitrogens with zero attached hydrogens (tertiary/aromatic N) is 1. The molecule has 1 aliphatic carbocycles. The third-order valence-corrected chi connectivity index (χ3v) is 6.53. The molecule has 140 valence electrons. The van der Waals surface area contributed by atoms with E-state index in [1.165, 1.54) is 6.07 Å². The Morgan fingerprint density at radius 2 is 1.92 bits per heavy atom. The minimum Gasteiger partial charge on any atom is -0.309 e. The summed E-state index contributed by atoms with van der Waals surface area (Å²) in [6, 6.07) is 6.67. The average molecular weight is 442 g/mol. The second-order valence-corrected chi connectivity index (χ2v) is 8.98. The Hall–Kier alpha value is -1.32. The van der Waals surface area contributed by atoms with Gasteiger partial charge in [-0.05, 0) is 50.5 Å². The monoisotopic (exact) mass is 441 g/mol. The molecule has 0 amide bonds. The lowest BCUT2D eigenvalue weighted by Crippen LogP contribution is -2.25. The molecule has 1 atom stereocenters. The fourth-order valence-electron chi connectivity index (χ4n) is 2.67. The molecule has 0 radical (unpaired) electrons. The van der Waals surface area contributed by atoms with Crippen LogP contribution in [0, 0.1) is 23.2 Å². The van der Waals surface area contributed by atoms with E-state index in [2.05, 4.69) is 15.9 Å². The van der Waals surface area contributed by atoms with Crippen molar-refractivity contribution in [2.24, 2.45) is 11.8 Å². The molecule has 0 heterocycles. The molecule has 0 N–H and O–H groups in total. The Morgan fingerprint density at radius 3 is 2.42 bits per heavy atom.